The van der Waals surface area contributed by atoms with Crippen LogP contribution in [0.1, 0.15) is 17.5 Å². The molecule has 17 heavy (non-hydrogen) atoms. The van der Waals surface area contributed by atoms with Gasteiger partial charge in [0.1, 0.15) is 5.75 Å². The van der Waals surface area contributed by atoms with E-state index in [1.807, 2.05) is 18.2 Å². The number of aryl methyl sites for hydroxylation is 1. The third-order valence-corrected chi connectivity index (χ3v) is 3.47. The van der Waals surface area contributed by atoms with Crippen molar-refractivity contribution in [2.75, 3.05) is 14.2 Å². The van der Waals surface area contributed by atoms with Gasteiger partial charge in [0.05, 0.1) is 7.11 Å². The summed E-state index contributed by atoms with van der Waals surface area (Å²) in [6, 6.07) is 5.74. The number of rotatable bonds is 3. The lowest BCUT2D eigenvalue weighted by Gasteiger charge is -2.33. The molecule has 0 bridgehead atoms. The van der Waals surface area contributed by atoms with Crippen molar-refractivity contribution in [1.29, 1.82) is 0 Å². The average molecular weight is 236 g/mol. The number of ether oxygens (including phenoxy) is 2. The highest BCUT2D eigenvalue weighted by atomic mass is 16.5. The summed E-state index contributed by atoms with van der Waals surface area (Å²) in [4.78, 5) is 11.3. The van der Waals surface area contributed by atoms with Gasteiger partial charge in [-0.05, 0) is 36.1 Å². The molecular weight excluding hydrogens is 220 g/mol. The summed E-state index contributed by atoms with van der Waals surface area (Å²) in [5.41, 5.74) is 1.11. The van der Waals surface area contributed by atoms with Gasteiger partial charge < -0.3 is 14.6 Å². The number of carbonyl (C=O) groups is 1. The van der Waals surface area contributed by atoms with Gasteiger partial charge >= 0.3 is 5.97 Å². The number of benzene rings is 1. The lowest BCUT2D eigenvalue weighted by molar-refractivity contribution is -0.163. The predicted octanol–water partition coefficient (Wildman–Crippen LogP) is 1.65. The van der Waals surface area contributed by atoms with Crippen LogP contribution in [0.5, 0.6) is 5.75 Å². The fraction of sp³-hybridized carbons (Fsp3) is 0.462. The molecule has 1 N–H and O–H groups in total. The maximum Gasteiger partial charge on any atom is 0.336 e. The van der Waals surface area contributed by atoms with Crippen molar-refractivity contribution in [3.8, 4) is 5.75 Å². The summed E-state index contributed by atoms with van der Waals surface area (Å²) in [5.74, 6) is -0.0783. The van der Waals surface area contributed by atoms with Crippen molar-refractivity contribution < 1.29 is 19.4 Å². The van der Waals surface area contributed by atoms with Crippen molar-refractivity contribution in [3.63, 3.8) is 0 Å². The van der Waals surface area contributed by atoms with Crippen LogP contribution >= 0.6 is 0 Å². The molecule has 1 unspecified atom stereocenters. The highest BCUT2D eigenvalue weighted by molar-refractivity contribution is 5.78. The number of carboxylic acid groups (broad SMARTS) is 1. The van der Waals surface area contributed by atoms with Crippen LogP contribution in [-0.4, -0.2) is 30.9 Å². The minimum atomic E-state index is -1.07. The first-order chi connectivity index (χ1) is 8.11. The lowest BCUT2D eigenvalue weighted by Crippen LogP contribution is -2.45. The molecule has 0 heterocycles. The molecule has 92 valence electrons. The summed E-state index contributed by atoms with van der Waals surface area (Å²) >= 11 is 0. The molecule has 4 heteroatoms. The fourth-order valence-corrected chi connectivity index (χ4v) is 2.31. The first kappa shape index (κ1) is 11.9. The van der Waals surface area contributed by atoms with E-state index in [4.69, 9.17) is 9.47 Å². The van der Waals surface area contributed by atoms with E-state index in [0.717, 1.165) is 16.9 Å². The smallest absolute Gasteiger partial charge is 0.336 e. The second-order valence-corrected chi connectivity index (χ2v) is 4.31. The van der Waals surface area contributed by atoms with E-state index in [2.05, 4.69) is 0 Å². The minimum absolute atomic E-state index is 0.415. The molecule has 4 nitrogen and oxygen atoms in total. The Labute approximate surface area is 100 Å². The van der Waals surface area contributed by atoms with Gasteiger partial charge in [-0.3, -0.25) is 0 Å². The molecule has 0 aromatic heterocycles. The van der Waals surface area contributed by atoms with Crippen molar-refractivity contribution in [3.05, 3.63) is 29.3 Å². The SMILES string of the molecule is COc1ccc2c(c1)CCC(OC)(C(=O)O)C2. The van der Waals surface area contributed by atoms with E-state index in [1.54, 1.807) is 7.11 Å². The number of methoxy groups -OCH3 is 2. The summed E-state index contributed by atoms with van der Waals surface area (Å²) in [6.07, 6.45) is 1.61. The van der Waals surface area contributed by atoms with Crippen molar-refractivity contribution in [2.24, 2.45) is 0 Å². The molecule has 1 aliphatic rings. The Hall–Kier alpha value is -1.55. The second kappa shape index (κ2) is 4.37. The number of hydrogen-bond donors (Lipinski definition) is 1. The third kappa shape index (κ3) is 2.00. The van der Waals surface area contributed by atoms with Gasteiger partial charge in [0.2, 0.25) is 0 Å². The van der Waals surface area contributed by atoms with Gasteiger partial charge in [0.25, 0.3) is 0 Å². The number of hydrogen-bond acceptors (Lipinski definition) is 3. The van der Waals surface area contributed by atoms with E-state index >= 15 is 0 Å². The zero-order valence-electron chi connectivity index (χ0n) is 10.0. The van der Waals surface area contributed by atoms with Crippen molar-refractivity contribution >= 4 is 5.97 Å². The van der Waals surface area contributed by atoms with Gasteiger partial charge in [0.15, 0.2) is 5.60 Å². The van der Waals surface area contributed by atoms with E-state index < -0.39 is 11.6 Å². The molecule has 0 saturated heterocycles. The van der Waals surface area contributed by atoms with Crippen LogP contribution in [0.4, 0.5) is 0 Å². The molecule has 1 aromatic rings. The Morgan fingerprint density at radius 2 is 2.12 bits per heavy atom. The third-order valence-electron chi connectivity index (χ3n) is 3.47. The van der Waals surface area contributed by atoms with E-state index in [1.165, 1.54) is 7.11 Å². The van der Waals surface area contributed by atoms with Gasteiger partial charge in [-0.25, -0.2) is 4.79 Å². The van der Waals surface area contributed by atoms with Gasteiger partial charge in [0, 0.05) is 13.5 Å². The standard InChI is InChI=1S/C13H16O4/c1-16-11-4-3-10-8-13(17-2,12(14)15)6-5-9(10)7-11/h3-4,7H,5-6,8H2,1-2H3,(H,14,15). The van der Waals surface area contributed by atoms with Crippen LogP contribution in [-0.2, 0) is 22.4 Å². The van der Waals surface area contributed by atoms with Crippen LogP contribution in [0.25, 0.3) is 0 Å². The molecule has 1 aliphatic carbocycles. The Bertz CT molecular complexity index is 441. The maximum atomic E-state index is 11.3. The number of fused-ring (bicyclic) bond motifs is 1. The van der Waals surface area contributed by atoms with Crippen molar-refractivity contribution in [1.82, 2.24) is 0 Å². The summed E-state index contributed by atoms with van der Waals surface area (Å²) in [5, 5.41) is 9.27. The van der Waals surface area contributed by atoms with Crippen LogP contribution in [0.2, 0.25) is 0 Å². The van der Waals surface area contributed by atoms with Gasteiger partial charge in [-0.2, -0.15) is 0 Å². The van der Waals surface area contributed by atoms with Gasteiger partial charge in [-0.1, -0.05) is 6.07 Å². The first-order valence-electron chi connectivity index (χ1n) is 5.55. The number of carboxylic acids is 1. The zero-order chi connectivity index (χ0) is 12.5. The highest BCUT2D eigenvalue weighted by Gasteiger charge is 2.41. The molecule has 0 amide bonds. The largest absolute Gasteiger partial charge is 0.497 e. The Balaban J connectivity index is 2.33. The molecular formula is C13H16O4. The summed E-state index contributed by atoms with van der Waals surface area (Å²) < 4.78 is 10.4. The van der Waals surface area contributed by atoms with E-state index in [-0.39, 0.29) is 0 Å². The van der Waals surface area contributed by atoms with Crippen LogP contribution in [0, 0.1) is 0 Å². The van der Waals surface area contributed by atoms with Crippen molar-refractivity contribution in [2.45, 2.75) is 24.9 Å². The molecule has 1 atom stereocenters. The normalized spacial score (nSPS) is 22.9. The monoisotopic (exact) mass is 236 g/mol. The molecule has 0 saturated carbocycles. The van der Waals surface area contributed by atoms with E-state index in [0.29, 0.717) is 19.3 Å². The lowest BCUT2D eigenvalue weighted by atomic mass is 9.80. The maximum absolute atomic E-state index is 11.3. The quantitative estimate of drug-likeness (QED) is 0.867. The molecule has 0 aliphatic heterocycles. The Kier molecular flexibility index (Phi) is 3.07. The van der Waals surface area contributed by atoms with Crippen LogP contribution < -0.4 is 4.74 Å². The Morgan fingerprint density at radius 1 is 1.35 bits per heavy atom. The highest BCUT2D eigenvalue weighted by Crippen LogP contribution is 2.33. The topological polar surface area (TPSA) is 55.8 Å². The summed E-state index contributed by atoms with van der Waals surface area (Å²) in [6.45, 7) is 0. The average Bonchev–Trinajstić information content (AvgIpc) is 2.37. The molecule has 2 rings (SSSR count). The number of aliphatic carboxylic acids is 1. The Morgan fingerprint density at radius 3 is 2.71 bits per heavy atom. The fourth-order valence-electron chi connectivity index (χ4n) is 2.31. The molecule has 0 fully saturated rings. The summed E-state index contributed by atoms with van der Waals surface area (Å²) in [7, 11) is 3.09. The molecule has 0 spiro atoms. The predicted molar refractivity (Wildman–Crippen MR) is 62.4 cm³/mol. The van der Waals surface area contributed by atoms with Gasteiger partial charge in [-0.15, -0.1) is 0 Å². The van der Waals surface area contributed by atoms with Crippen LogP contribution in [0.15, 0.2) is 18.2 Å². The molecule has 0 radical (unpaired) electrons. The first-order valence-corrected chi connectivity index (χ1v) is 5.55. The minimum Gasteiger partial charge on any atom is -0.497 e. The second-order valence-electron chi connectivity index (χ2n) is 4.31. The van der Waals surface area contributed by atoms with E-state index in [9.17, 15) is 9.90 Å². The van der Waals surface area contributed by atoms with Crippen LogP contribution in [0.3, 0.4) is 0 Å². The zero-order valence-corrected chi connectivity index (χ0v) is 10.0. The molecule has 1 aromatic carbocycles.